The van der Waals surface area contributed by atoms with Gasteiger partial charge in [0.2, 0.25) is 0 Å². The number of rotatable bonds is 5. The molecule has 0 aromatic heterocycles. The molecule has 1 fully saturated rings. The number of benzene rings is 2. The molecule has 0 aliphatic carbocycles. The van der Waals surface area contributed by atoms with E-state index in [9.17, 15) is 14.4 Å². The number of urea groups is 1. The standard InChI is InChI=1S/C25H26ClN3O3/c1-15-11-16(2)22(17(3)12-15)29-24(31)20(23(30)27-25(29)32)14-18-5-6-21-19(13-18)7-10-28(21)9-4-8-26/h5-6,11-14H,4,7-10H2,1-3H3,(H,27,30,32). The molecule has 0 atom stereocenters. The molecule has 166 valence electrons. The molecule has 32 heavy (non-hydrogen) atoms. The maximum atomic E-state index is 13.3. The lowest BCUT2D eigenvalue weighted by Crippen LogP contribution is -2.54. The summed E-state index contributed by atoms with van der Waals surface area (Å²) in [6.45, 7) is 7.50. The van der Waals surface area contributed by atoms with E-state index in [1.54, 1.807) is 6.08 Å². The van der Waals surface area contributed by atoms with Gasteiger partial charge >= 0.3 is 6.03 Å². The molecule has 1 saturated heterocycles. The fourth-order valence-corrected chi connectivity index (χ4v) is 4.73. The minimum atomic E-state index is -0.726. The molecule has 7 heteroatoms. The van der Waals surface area contributed by atoms with E-state index in [-0.39, 0.29) is 5.57 Å². The first kappa shape index (κ1) is 22.1. The smallest absolute Gasteiger partial charge is 0.335 e. The number of imide groups is 2. The summed E-state index contributed by atoms with van der Waals surface area (Å²) >= 11 is 5.83. The predicted octanol–water partition coefficient (Wildman–Crippen LogP) is 4.27. The van der Waals surface area contributed by atoms with E-state index in [1.165, 1.54) is 11.3 Å². The first-order valence-electron chi connectivity index (χ1n) is 10.7. The number of aryl methyl sites for hydroxylation is 3. The van der Waals surface area contributed by atoms with Crippen LogP contribution >= 0.6 is 11.6 Å². The molecule has 2 aliphatic rings. The SMILES string of the molecule is Cc1cc(C)c(N2C(=O)NC(=O)C(=Cc3ccc4c(c3)CCN4CCCCl)C2=O)c(C)c1. The summed E-state index contributed by atoms with van der Waals surface area (Å²) in [4.78, 5) is 41.8. The van der Waals surface area contributed by atoms with E-state index in [4.69, 9.17) is 11.6 Å². The minimum absolute atomic E-state index is 0.0547. The number of carbonyl (C=O) groups is 3. The molecule has 4 rings (SSSR count). The van der Waals surface area contributed by atoms with Gasteiger partial charge in [0.25, 0.3) is 11.8 Å². The van der Waals surface area contributed by atoms with Gasteiger partial charge < -0.3 is 4.90 Å². The molecule has 0 unspecified atom stereocenters. The van der Waals surface area contributed by atoms with Gasteiger partial charge in [0.1, 0.15) is 5.57 Å². The summed E-state index contributed by atoms with van der Waals surface area (Å²) in [6, 6.07) is 9.03. The Kier molecular flexibility index (Phi) is 6.07. The van der Waals surface area contributed by atoms with E-state index in [1.807, 2.05) is 51.1 Å². The minimum Gasteiger partial charge on any atom is -0.371 e. The molecule has 2 aromatic rings. The molecule has 0 spiro atoms. The van der Waals surface area contributed by atoms with Crippen molar-refractivity contribution in [3.8, 4) is 0 Å². The Balaban J connectivity index is 1.68. The Morgan fingerprint density at radius 1 is 1.06 bits per heavy atom. The van der Waals surface area contributed by atoms with E-state index in [2.05, 4.69) is 10.2 Å². The first-order valence-corrected chi connectivity index (χ1v) is 11.3. The third-order valence-electron chi connectivity index (χ3n) is 5.93. The van der Waals surface area contributed by atoms with Crippen molar-refractivity contribution in [1.82, 2.24) is 5.32 Å². The van der Waals surface area contributed by atoms with Gasteiger partial charge in [0, 0.05) is 24.7 Å². The average molecular weight is 452 g/mol. The Labute approximate surface area is 192 Å². The zero-order valence-electron chi connectivity index (χ0n) is 18.5. The topological polar surface area (TPSA) is 69.7 Å². The number of halogens is 1. The van der Waals surface area contributed by atoms with Crippen molar-refractivity contribution in [2.24, 2.45) is 0 Å². The number of carbonyl (C=O) groups excluding carboxylic acids is 3. The van der Waals surface area contributed by atoms with E-state index in [0.29, 0.717) is 11.6 Å². The molecule has 2 heterocycles. The van der Waals surface area contributed by atoms with Crippen molar-refractivity contribution in [2.45, 2.75) is 33.6 Å². The van der Waals surface area contributed by atoms with Crippen molar-refractivity contribution >= 4 is 46.9 Å². The normalized spacial score (nSPS) is 17.2. The highest BCUT2D eigenvalue weighted by Gasteiger charge is 2.38. The third kappa shape index (κ3) is 4.02. The highest BCUT2D eigenvalue weighted by Crippen LogP contribution is 2.32. The quantitative estimate of drug-likeness (QED) is 0.418. The van der Waals surface area contributed by atoms with Gasteiger partial charge in [-0.05, 0) is 74.1 Å². The van der Waals surface area contributed by atoms with Gasteiger partial charge in [-0.3, -0.25) is 14.9 Å². The first-order chi connectivity index (χ1) is 15.3. The van der Waals surface area contributed by atoms with Crippen molar-refractivity contribution < 1.29 is 14.4 Å². The van der Waals surface area contributed by atoms with Crippen LogP contribution in [0.4, 0.5) is 16.2 Å². The molecule has 0 saturated carbocycles. The second-order valence-corrected chi connectivity index (χ2v) is 8.75. The maximum absolute atomic E-state index is 13.3. The molecule has 2 aliphatic heterocycles. The zero-order chi connectivity index (χ0) is 23.0. The molecular weight excluding hydrogens is 426 g/mol. The number of amides is 4. The van der Waals surface area contributed by atoms with Gasteiger partial charge in [0.15, 0.2) is 0 Å². The summed E-state index contributed by atoms with van der Waals surface area (Å²) in [5.41, 5.74) is 6.20. The van der Waals surface area contributed by atoms with Gasteiger partial charge in [-0.1, -0.05) is 23.8 Å². The summed E-state index contributed by atoms with van der Waals surface area (Å²) in [7, 11) is 0. The lowest BCUT2D eigenvalue weighted by Gasteiger charge is -2.29. The van der Waals surface area contributed by atoms with E-state index >= 15 is 0 Å². The number of anilines is 2. The number of hydrogen-bond acceptors (Lipinski definition) is 4. The molecule has 0 radical (unpaired) electrons. The third-order valence-corrected chi connectivity index (χ3v) is 6.20. The second-order valence-electron chi connectivity index (χ2n) is 8.37. The van der Waals surface area contributed by atoms with Crippen molar-refractivity contribution in [3.63, 3.8) is 0 Å². The molecule has 4 amide bonds. The number of nitrogens with one attached hydrogen (secondary N) is 1. The van der Waals surface area contributed by atoms with Crippen LogP contribution in [-0.4, -0.2) is 36.8 Å². The number of barbiturate groups is 1. The summed E-state index contributed by atoms with van der Waals surface area (Å²) < 4.78 is 0. The molecular formula is C25H26ClN3O3. The van der Waals surface area contributed by atoms with Crippen LogP contribution in [0.5, 0.6) is 0 Å². The van der Waals surface area contributed by atoms with Crippen molar-refractivity contribution in [1.29, 1.82) is 0 Å². The van der Waals surface area contributed by atoms with Crippen LogP contribution in [0, 0.1) is 20.8 Å². The fourth-order valence-electron chi connectivity index (χ4n) is 4.62. The number of hydrogen-bond donors (Lipinski definition) is 1. The lowest BCUT2D eigenvalue weighted by atomic mass is 10.0. The predicted molar refractivity (Wildman–Crippen MR) is 127 cm³/mol. The number of fused-ring (bicyclic) bond motifs is 1. The van der Waals surface area contributed by atoms with Gasteiger partial charge in [0.05, 0.1) is 5.69 Å². The van der Waals surface area contributed by atoms with Crippen LogP contribution in [0.3, 0.4) is 0 Å². The van der Waals surface area contributed by atoms with E-state index < -0.39 is 17.8 Å². The second kappa shape index (κ2) is 8.79. The van der Waals surface area contributed by atoms with Crippen LogP contribution in [0.25, 0.3) is 6.08 Å². The molecule has 1 N–H and O–H groups in total. The van der Waals surface area contributed by atoms with Crippen molar-refractivity contribution in [2.75, 3.05) is 28.8 Å². The van der Waals surface area contributed by atoms with E-state index in [0.717, 1.165) is 53.1 Å². The van der Waals surface area contributed by atoms with Gasteiger partial charge in [-0.15, -0.1) is 11.6 Å². The molecule has 0 bridgehead atoms. The summed E-state index contributed by atoms with van der Waals surface area (Å²) in [5, 5.41) is 2.32. The molecule has 6 nitrogen and oxygen atoms in total. The number of alkyl halides is 1. The van der Waals surface area contributed by atoms with Crippen LogP contribution in [-0.2, 0) is 16.0 Å². The van der Waals surface area contributed by atoms with Gasteiger partial charge in [-0.2, -0.15) is 0 Å². The Morgan fingerprint density at radius 3 is 2.47 bits per heavy atom. The number of nitrogens with zero attached hydrogens (tertiary/aromatic N) is 2. The lowest BCUT2D eigenvalue weighted by molar-refractivity contribution is -0.122. The van der Waals surface area contributed by atoms with Crippen LogP contribution in [0.2, 0.25) is 0 Å². The fraction of sp³-hybridized carbons (Fsp3) is 0.320. The van der Waals surface area contributed by atoms with Gasteiger partial charge in [-0.25, -0.2) is 9.69 Å². The van der Waals surface area contributed by atoms with Crippen LogP contribution in [0.15, 0.2) is 35.9 Å². The Hall–Kier alpha value is -3.12. The van der Waals surface area contributed by atoms with Crippen LogP contribution < -0.4 is 15.1 Å². The highest BCUT2D eigenvalue weighted by atomic mass is 35.5. The monoisotopic (exact) mass is 451 g/mol. The largest absolute Gasteiger partial charge is 0.371 e. The summed E-state index contributed by atoms with van der Waals surface area (Å²) in [5.74, 6) is -0.663. The summed E-state index contributed by atoms with van der Waals surface area (Å²) in [6.07, 6.45) is 3.39. The highest BCUT2D eigenvalue weighted by molar-refractivity contribution is 6.39. The van der Waals surface area contributed by atoms with Crippen molar-refractivity contribution in [3.05, 3.63) is 63.7 Å². The maximum Gasteiger partial charge on any atom is 0.335 e. The zero-order valence-corrected chi connectivity index (χ0v) is 19.3. The van der Waals surface area contributed by atoms with Crippen LogP contribution in [0.1, 0.15) is 34.2 Å². The Bertz CT molecular complexity index is 1130. The average Bonchev–Trinajstić information content (AvgIpc) is 3.13. The Morgan fingerprint density at radius 2 is 1.78 bits per heavy atom. The molecule has 2 aromatic carbocycles.